The van der Waals surface area contributed by atoms with Gasteiger partial charge in [-0.25, -0.2) is 9.97 Å². The molecule has 0 spiro atoms. The predicted octanol–water partition coefficient (Wildman–Crippen LogP) is 10.2. The molecule has 8 aromatic rings. The molecule has 6 aromatic carbocycles. The first-order valence-corrected chi connectivity index (χ1v) is 14.9. The van der Waals surface area contributed by atoms with Crippen LogP contribution in [0.3, 0.4) is 0 Å². The molecule has 1 aliphatic carbocycles. The molecule has 0 fully saturated rings. The van der Waals surface area contributed by atoms with Crippen LogP contribution in [-0.4, -0.2) is 14.5 Å². The quantitative estimate of drug-likeness (QED) is 0.162. The van der Waals surface area contributed by atoms with E-state index in [0.29, 0.717) is 0 Å². The predicted molar refractivity (Wildman–Crippen MR) is 180 cm³/mol. The van der Waals surface area contributed by atoms with Gasteiger partial charge in [0.2, 0.25) is 0 Å². The van der Waals surface area contributed by atoms with E-state index < -0.39 is 0 Å². The van der Waals surface area contributed by atoms with Crippen LogP contribution in [0.1, 0.15) is 17.8 Å². The minimum absolute atomic E-state index is 0.966. The Labute approximate surface area is 249 Å². The first kappa shape index (κ1) is 24.1. The fourth-order valence-electron chi connectivity index (χ4n) is 6.79. The topological polar surface area (TPSA) is 30.7 Å². The Balaban J connectivity index is 1.29. The Morgan fingerprint density at radius 1 is 0.512 bits per heavy atom. The van der Waals surface area contributed by atoms with Crippen LogP contribution in [0.25, 0.3) is 77.6 Å². The Morgan fingerprint density at radius 3 is 1.79 bits per heavy atom. The van der Waals surface area contributed by atoms with Crippen molar-refractivity contribution in [2.75, 3.05) is 0 Å². The van der Waals surface area contributed by atoms with Gasteiger partial charge in [-0.1, -0.05) is 121 Å². The third-order valence-corrected chi connectivity index (χ3v) is 8.82. The number of pyridine rings is 1. The maximum absolute atomic E-state index is 5.35. The number of imidazole rings is 1. The van der Waals surface area contributed by atoms with Crippen molar-refractivity contribution in [3.05, 3.63) is 145 Å². The van der Waals surface area contributed by atoms with Crippen molar-refractivity contribution in [2.24, 2.45) is 0 Å². The second-order valence-corrected chi connectivity index (χ2v) is 11.3. The molecule has 9 rings (SSSR count). The van der Waals surface area contributed by atoms with Crippen molar-refractivity contribution in [3.8, 4) is 28.2 Å². The first-order chi connectivity index (χ1) is 21.3. The van der Waals surface area contributed by atoms with E-state index in [1.807, 2.05) is 0 Å². The van der Waals surface area contributed by atoms with Crippen molar-refractivity contribution in [1.82, 2.24) is 14.5 Å². The number of hydrogen-bond acceptors (Lipinski definition) is 2. The molecule has 1 aliphatic rings. The number of benzene rings is 6. The largest absolute Gasteiger partial charge is 0.293 e. The Kier molecular flexibility index (Phi) is 5.32. The van der Waals surface area contributed by atoms with E-state index in [0.717, 1.165) is 46.6 Å². The molecule has 202 valence electrons. The average molecular weight is 550 g/mol. The van der Waals surface area contributed by atoms with Crippen LogP contribution in [0.4, 0.5) is 0 Å². The van der Waals surface area contributed by atoms with E-state index >= 15 is 0 Å². The number of aromatic nitrogens is 3. The van der Waals surface area contributed by atoms with Crippen LogP contribution in [0, 0.1) is 0 Å². The molecular weight excluding hydrogens is 522 g/mol. The standard InChI is InChI=1S/C40H27N3/c1-2-12-30(13-3-1)43-36-17-9-8-16-35(36)41-40(43)29-20-18-28(19-21-29)37-33-24-22-26-10-4-6-14-31(26)38(33)42-39-32-15-7-5-11-27(32)23-25-34(37)39/h1-7,9-15,17-25H,8,16H2. The van der Waals surface area contributed by atoms with Gasteiger partial charge in [0.15, 0.2) is 0 Å². The number of aryl methyl sites for hydroxylation is 1. The molecular formula is C40H27N3. The number of hydrogen-bond donors (Lipinski definition) is 0. The minimum atomic E-state index is 0.966. The van der Waals surface area contributed by atoms with E-state index in [4.69, 9.17) is 9.97 Å². The highest BCUT2D eigenvalue weighted by atomic mass is 15.1. The van der Waals surface area contributed by atoms with Gasteiger partial charge in [-0.15, -0.1) is 0 Å². The van der Waals surface area contributed by atoms with E-state index in [-0.39, 0.29) is 0 Å². The highest BCUT2D eigenvalue weighted by Gasteiger charge is 2.20. The third-order valence-electron chi connectivity index (χ3n) is 8.82. The summed E-state index contributed by atoms with van der Waals surface area (Å²) < 4.78 is 2.30. The van der Waals surface area contributed by atoms with E-state index in [2.05, 4.69) is 144 Å². The van der Waals surface area contributed by atoms with Crippen molar-refractivity contribution in [1.29, 1.82) is 0 Å². The fraction of sp³-hybridized carbons (Fsp3) is 0.0500. The zero-order valence-corrected chi connectivity index (χ0v) is 23.5. The van der Waals surface area contributed by atoms with Gasteiger partial charge in [0.25, 0.3) is 0 Å². The average Bonchev–Trinajstić information content (AvgIpc) is 3.47. The summed E-state index contributed by atoms with van der Waals surface area (Å²) in [6.07, 6.45) is 6.47. The van der Waals surface area contributed by atoms with E-state index in [1.165, 1.54) is 49.1 Å². The Morgan fingerprint density at radius 2 is 1.12 bits per heavy atom. The molecule has 3 heteroatoms. The summed E-state index contributed by atoms with van der Waals surface area (Å²) in [6, 6.07) is 45.6. The maximum Gasteiger partial charge on any atom is 0.145 e. The monoisotopic (exact) mass is 549 g/mol. The highest BCUT2D eigenvalue weighted by molar-refractivity contribution is 6.21. The summed E-state index contributed by atoms with van der Waals surface area (Å²) in [5.74, 6) is 0.982. The van der Waals surface area contributed by atoms with Gasteiger partial charge in [0.05, 0.1) is 22.4 Å². The lowest BCUT2D eigenvalue weighted by Gasteiger charge is -2.15. The number of rotatable bonds is 3. The second kappa shape index (κ2) is 9.50. The van der Waals surface area contributed by atoms with Crippen LogP contribution in [0.5, 0.6) is 0 Å². The molecule has 2 heterocycles. The fourth-order valence-corrected chi connectivity index (χ4v) is 6.79. The van der Waals surface area contributed by atoms with Crippen LogP contribution < -0.4 is 0 Å². The van der Waals surface area contributed by atoms with Crippen LogP contribution in [0.2, 0.25) is 0 Å². The Bertz CT molecular complexity index is 2290. The lowest BCUT2D eigenvalue weighted by molar-refractivity contribution is 0.936. The van der Waals surface area contributed by atoms with Gasteiger partial charge in [-0.05, 0) is 47.4 Å². The molecule has 3 nitrogen and oxygen atoms in total. The molecule has 0 saturated heterocycles. The number of fused-ring (bicyclic) bond motifs is 7. The van der Waals surface area contributed by atoms with Gasteiger partial charge in [-0.3, -0.25) is 4.57 Å². The van der Waals surface area contributed by atoms with Gasteiger partial charge in [0.1, 0.15) is 5.82 Å². The number of nitrogens with zero attached hydrogens (tertiary/aromatic N) is 3. The molecule has 0 radical (unpaired) electrons. The molecule has 0 saturated carbocycles. The lowest BCUT2D eigenvalue weighted by Crippen LogP contribution is -2.01. The highest BCUT2D eigenvalue weighted by Crippen LogP contribution is 2.40. The van der Waals surface area contributed by atoms with Crippen LogP contribution in [-0.2, 0) is 6.42 Å². The summed E-state index contributed by atoms with van der Waals surface area (Å²) in [7, 11) is 0. The summed E-state index contributed by atoms with van der Waals surface area (Å²) in [6.45, 7) is 0. The molecule has 0 unspecified atom stereocenters. The molecule has 43 heavy (non-hydrogen) atoms. The van der Waals surface area contributed by atoms with E-state index in [1.54, 1.807) is 0 Å². The summed E-state index contributed by atoms with van der Waals surface area (Å²) in [5.41, 5.74) is 9.06. The molecule has 0 amide bonds. The van der Waals surface area contributed by atoms with Crippen molar-refractivity contribution in [2.45, 2.75) is 12.8 Å². The molecule has 0 N–H and O–H groups in total. The van der Waals surface area contributed by atoms with Crippen molar-refractivity contribution in [3.63, 3.8) is 0 Å². The molecule has 2 aromatic heterocycles. The number of para-hydroxylation sites is 1. The molecule has 0 atom stereocenters. The number of allylic oxidation sites excluding steroid dienone is 1. The van der Waals surface area contributed by atoms with Gasteiger partial charge in [-0.2, -0.15) is 0 Å². The van der Waals surface area contributed by atoms with Gasteiger partial charge < -0.3 is 0 Å². The van der Waals surface area contributed by atoms with Crippen LogP contribution >= 0.6 is 0 Å². The van der Waals surface area contributed by atoms with Crippen LogP contribution in [0.15, 0.2) is 133 Å². The minimum Gasteiger partial charge on any atom is -0.293 e. The first-order valence-electron chi connectivity index (χ1n) is 14.9. The summed E-state index contributed by atoms with van der Waals surface area (Å²) in [4.78, 5) is 10.5. The zero-order valence-electron chi connectivity index (χ0n) is 23.5. The van der Waals surface area contributed by atoms with Gasteiger partial charge >= 0.3 is 0 Å². The Hall–Kier alpha value is -5.54. The van der Waals surface area contributed by atoms with E-state index in [9.17, 15) is 0 Å². The van der Waals surface area contributed by atoms with Crippen molar-refractivity contribution >= 4 is 49.4 Å². The second-order valence-electron chi connectivity index (χ2n) is 11.3. The molecule has 0 bridgehead atoms. The summed E-state index contributed by atoms with van der Waals surface area (Å²) in [5, 5.41) is 7.09. The van der Waals surface area contributed by atoms with Crippen molar-refractivity contribution < 1.29 is 0 Å². The zero-order chi connectivity index (χ0) is 28.3. The lowest BCUT2D eigenvalue weighted by atomic mass is 9.92. The SMILES string of the molecule is C1=Cc2c(nc(-c3ccc(-c4c5ccc6ccccc6c5nc5c4ccc4ccccc45)cc3)n2-c2ccccc2)CC1. The summed E-state index contributed by atoms with van der Waals surface area (Å²) >= 11 is 0. The normalized spacial score (nSPS) is 12.8. The smallest absolute Gasteiger partial charge is 0.145 e. The maximum atomic E-state index is 5.35. The molecule has 0 aliphatic heterocycles. The third kappa shape index (κ3) is 3.75. The van der Waals surface area contributed by atoms with Gasteiger partial charge in [0, 0.05) is 38.4 Å².